The van der Waals surface area contributed by atoms with Gasteiger partial charge in [0.15, 0.2) is 5.69 Å². The lowest BCUT2D eigenvalue weighted by molar-refractivity contribution is -0.142. The maximum Gasteiger partial charge on any atom is 0.434 e. The average molecular weight is 210 g/mol. The second kappa shape index (κ2) is 3.20. The van der Waals surface area contributed by atoms with Crippen molar-refractivity contribution in [1.82, 2.24) is 9.97 Å². The van der Waals surface area contributed by atoms with E-state index in [9.17, 15) is 22.4 Å². The van der Waals surface area contributed by atoms with Crippen molar-refractivity contribution in [3.63, 3.8) is 0 Å². The van der Waals surface area contributed by atoms with Gasteiger partial charge in [0.25, 0.3) is 0 Å². The molecule has 0 fully saturated rings. The first-order chi connectivity index (χ1) is 6.32. The molecular weight excluding hydrogens is 208 g/mol. The van der Waals surface area contributed by atoms with Crippen LogP contribution in [-0.2, 0) is 6.18 Å². The molecule has 0 saturated carbocycles. The first kappa shape index (κ1) is 10.4. The summed E-state index contributed by atoms with van der Waals surface area (Å²) >= 11 is 0. The van der Waals surface area contributed by atoms with E-state index in [2.05, 4.69) is 9.97 Å². The molecule has 1 heterocycles. The molecule has 4 nitrogen and oxygen atoms in total. The van der Waals surface area contributed by atoms with Crippen LogP contribution >= 0.6 is 0 Å². The number of hydrogen-bond acceptors (Lipinski definition) is 3. The predicted octanol–water partition coefficient (Wildman–Crippen LogP) is 1.33. The van der Waals surface area contributed by atoms with E-state index in [4.69, 9.17) is 5.11 Å². The highest BCUT2D eigenvalue weighted by Gasteiger charge is 2.38. The number of carbonyl (C=O) groups is 1. The molecule has 1 aromatic rings. The maximum atomic E-state index is 12.2. The molecule has 14 heavy (non-hydrogen) atoms. The Morgan fingerprint density at radius 3 is 2.43 bits per heavy atom. The van der Waals surface area contributed by atoms with Gasteiger partial charge in [0.2, 0.25) is 0 Å². The van der Waals surface area contributed by atoms with Crippen LogP contribution in [0, 0.1) is 6.08 Å². The van der Waals surface area contributed by atoms with E-state index in [1.54, 1.807) is 0 Å². The lowest BCUT2D eigenvalue weighted by atomic mass is 10.2. The van der Waals surface area contributed by atoms with Gasteiger partial charge in [-0.15, -0.1) is 0 Å². The Morgan fingerprint density at radius 2 is 2.00 bits per heavy atom. The van der Waals surface area contributed by atoms with Gasteiger partial charge in [-0.05, 0) is 0 Å². The minimum Gasteiger partial charge on any atom is -0.478 e. The third-order valence-corrected chi connectivity index (χ3v) is 1.26. The van der Waals surface area contributed by atoms with E-state index in [1.165, 1.54) is 0 Å². The van der Waals surface area contributed by atoms with Gasteiger partial charge in [0.05, 0.1) is 0 Å². The van der Waals surface area contributed by atoms with Crippen LogP contribution in [0.1, 0.15) is 16.1 Å². The molecule has 0 saturated heterocycles. The van der Waals surface area contributed by atoms with Crippen molar-refractivity contribution in [2.45, 2.75) is 6.18 Å². The second-order valence-corrected chi connectivity index (χ2v) is 2.20. The normalized spacial score (nSPS) is 11.4. The molecule has 0 amide bonds. The summed E-state index contributed by atoms with van der Waals surface area (Å²) in [6, 6.07) is 0. The largest absolute Gasteiger partial charge is 0.478 e. The average Bonchev–Trinajstić information content (AvgIpc) is 2.01. The highest BCUT2D eigenvalue weighted by Crippen LogP contribution is 2.29. The molecule has 8 heteroatoms. The van der Waals surface area contributed by atoms with Gasteiger partial charge < -0.3 is 5.11 Å². The fourth-order valence-electron chi connectivity index (χ4n) is 0.733. The van der Waals surface area contributed by atoms with E-state index in [-0.39, 0.29) is 6.20 Å². The third-order valence-electron chi connectivity index (χ3n) is 1.26. The van der Waals surface area contributed by atoms with Crippen LogP contribution in [0.5, 0.6) is 0 Å². The first-order valence-electron chi connectivity index (χ1n) is 3.15. The van der Waals surface area contributed by atoms with Crippen LogP contribution in [-0.4, -0.2) is 21.0 Å². The smallest absolute Gasteiger partial charge is 0.434 e. The van der Waals surface area contributed by atoms with E-state index in [0.29, 0.717) is 0 Å². The Labute approximate surface area is 74.2 Å². The van der Waals surface area contributed by atoms with Crippen molar-refractivity contribution in [1.29, 1.82) is 0 Å². The van der Waals surface area contributed by atoms with Gasteiger partial charge in [0, 0.05) is 6.20 Å². The SMILES string of the molecule is O=C(O)c1cnc(F)nc1C(F)(F)F. The maximum absolute atomic E-state index is 12.2. The summed E-state index contributed by atoms with van der Waals surface area (Å²) < 4.78 is 48.4. The Hall–Kier alpha value is -1.73. The van der Waals surface area contributed by atoms with Crippen molar-refractivity contribution in [2.75, 3.05) is 0 Å². The summed E-state index contributed by atoms with van der Waals surface area (Å²) in [6.45, 7) is 0. The summed E-state index contributed by atoms with van der Waals surface area (Å²) in [6.07, 6.45) is -6.37. The van der Waals surface area contributed by atoms with Crippen molar-refractivity contribution in [3.8, 4) is 0 Å². The number of hydrogen-bond donors (Lipinski definition) is 1. The number of alkyl halides is 3. The number of halogens is 4. The molecule has 0 aliphatic rings. The van der Waals surface area contributed by atoms with Crippen molar-refractivity contribution < 1.29 is 27.5 Å². The molecule has 0 aliphatic heterocycles. The van der Waals surface area contributed by atoms with Gasteiger partial charge in [-0.3, -0.25) is 0 Å². The summed E-state index contributed by atoms with van der Waals surface area (Å²) in [5.74, 6) is -1.86. The third kappa shape index (κ3) is 1.95. The van der Waals surface area contributed by atoms with Gasteiger partial charge in [-0.1, -0.05) is 0 Å². The topological polar surface area (TPSA) is 63.1 Å². The highest BCUT2D eigenvalue weighted by atomic mass is 19.4. The number of rotatable bonds is 1. The molecule has 1 rings (SSSR count). The Bertz CT molecular complexity index is 377. The summed E-state index contributed by atoms with van der Waals surface area (Å²) in [5.41, 5.74) is -2.98. The van der Waals surface area contributed by atoms with Crippen LogP contribution in [0.2, 0.25) is 0 Å². The molecule has 0 aromatic carbocycles. The molecule has 0 radical (unpaired) electrons. The van der Waals surface area contributed by atoms with Gasteiger partial charge in [-0.25, -0.2) is 9.78 Å². The van der Waals surface area contributed by atoms with Crippen molar-refractivity contribution in [2.24, 2.45) is 0 Å². The quantitative estimate of drug-likeness (QED) is 0.561. The highest BCUT2D eigenvalue weighted by molar-refractivity contribution is 5.88. The lowest BCUT2D eigenvalue weighted by Gasteiger charge is -2.07. The van der Waals surface area contributed by atoms with E-state index in [0.717, 1.165) is 0 Å². The van der Waals surface area contributed by atoms with Gasteiger partial charge in [-0.2, -0.15) is 22.5 Å². The number of aromatic nitrogens is 2. The van der Waals surface area contributed by atoms with Gasteiger partial charge >= 0.3 is 18.2 Å². The summed E-state index contributed by atoms with van der Waals surface area (Å²) in [4.78, 5) is 15.4. The molecule has 76 valence electrons. The minimum atomic E-state index is -5.02. The monoisotopic (exact) mass is 210 g/mol. The fourth-order valence-corrected chi connectivity index (χ4v) is 0.733. The van der Waals surface area contributed by atoms with Crippen LogP contribution in [0.25, 0.3) is 0 Å². The molecule has 1 N–H and O–H groups in total. The van der Waals surface area contributed by atoms with Crippen LogP contribution in [0.3, 0.4) is 0 Å². The molecule has 0 unspecified atom stereocenters. The van der Waals surface area contributed by atoms with Gasteiger partial charge in [0.1, 0.15) is 5.56 Å². The number of carboxylic acids is 1. The molecular formula is C6H2F4N2O2. The molecule has 0 aliphatic carbocycles. The van der Waals surface area contributed by atoms with E-state index < -0.39 is 29.5 Å². The Kier molecular flexibility index (Phi) is 2.37. The zero-order valence-electron chi connectivity index (χ0n) is 6.34. The Balaban J connectivity index is 3.38. The van der Waals surface area contributed by atoms with E-state index in [1.807, 2.05) is 0 Å². The number of aromatic carboxylic acids is 1. The van der Waals surface area contributed by atoms with E-state index >= 15 is 0 Å². The predicted molar refractivity (Wildman–Crippen MR) is 34.0 cm³/mol. The zero-order valence-corrected chi connectivity index (χ0v) is 6.34. The van der Waals surface area contributed by atoms with Crippen LogP contribution in [0.15, 0.2) is 6.20 Å². The molecule has 0 spiro atoms. The number of nitrogens with zero attached hydrogens (tertiary/aromatic N) is 2. The van der Waals surface area contributed by atoms with Crippen molar-refractivity contribution in [3.05, 3.63) is 23.5 Å². The molecule has 0 bridgehead atoms. The van der Waals surface area contributed by atoms with Crippen LogP contribution in [0.4, 0.5) is 17.6 Å². The number of carboxylic acid groups (broad SMARTS) is 1. The molecule has 0 atom stereocenters. The second-order valence-electron chi connectivity index (χ2n) is 2.20. The fraction of sp³-hybridized carbons (Fsp3) is 0.167. The summed E-state index contributed by atoms with van der Waals surface area (Å²) in [5, 5.41) is 8.32. The van der Waals surface area contributed by atoms with Crippen LogP contribution < -0.4 is 0 Å². The standard InChI is InChI=1S/C6H2F4N2O2/c7-5-11-1-2(4(13)14)3(12-5)6(8,9)10/h1H,(H,13,14). The van der Waals surface area contributed by atoms with Crippen molar-refractivity contribution >= 4 is 5.97 Å². The first-order valence-corrected chi connectivity index (χ1v) is 3.15. The lowest BCUT2D eigenvalue weighted by Crippen LogP contribution is -2.17. The Morgan fingerprint density at radius 1 is 1.43 bits per heavy atom. The summed E-state index contributed by atoms with van der Waals surface area (Å²) in [7, 11) is 0. The zero-order chi connectivity index (χ0) is 10.9. The minimum absolute atomic E-state index is 0.271. The molecule has 1 aromatic heterocycles.